The van der Waals surface area contributed by atoms with E-state index in [-0.39, 0.29) is 29.6 Å². The second-order valence-electron chi connectivity index (χ2n) is 8.02. The topological polar surface area (TPSA) is 61.4 Å². The first kappa shape index (κ1) is 22.0. The fourth-order valence-electron chi connectivity index (χ4n) is 3.69. The Morgan fingerprint density at radius 3 is 2.63 bits per heavy atom. The zero-order valence-electron chi connectivity index (χ0n) is 17.7. The number of para-hydroxylation sites is 1. The highest BCUT2D eigenvalue weighted by atomic mass is 19.1. The highest BCUT2D eigenvalue weighted by Gasteiger charge is 2.27. The van der Waals surface area contributed by atoms with Gasteiger partial charge in [-0.1, -0.05) is 31.2 Å². The van der Waals surface area contributed by atoms with Crippen molar-refractivity contribution in [2.24, 2.45) is 5.92 Å². The molecule has 2 amide bonds. The first-order valence-electron chi connectivity index (χ1n) is 10.6. The molecule has 5 nitrogen and oxygen atoms in total. The summed E-state index contributed by atoms with van der Waals surface area (Å²) in [6.45, 7) is 6.22. The van der Waals surface area contributed by atoms with Crippen LogP contribution in [0.25, 0.3) is 0 Å². The molecule has 30 heavy (non-hydrogen) atoms. The van der Waals surface area contributed by atoms with E-state index in [0.717, 1.165) is 31.4 Å². The Morgan fingerprint density at radius 2 is 1.90 bits per heavy atom. The normalized spacial score (nSPS) is 17.9. The number of halogens is 1. The lowest BCUT2D eigenvalue weighted by Crippen LogP contribution is -2.40. The van der Waals surface area contributed by atoms with E-state index >= 15 is 0 Å². The third-order valence-electron chi connectivity index (χ3n) is 5.62. The molecule has 3 rings (SSSR count). The number of carbonyl (C=O) groups excluding carboxylic acids is 2. The third-order valence-corrected chi connectivity index (χ3v) is 5.62. The van der Waals surface area contributed by atoms with Gasteiger partial charge in [-0.05, 0) is 62.6 Å². The Bertz CT molecular complexity index is 869. The van der Waals surface area contributed by atoms with Gasteiger partial charge in [-0.25, -0.2) is 4.39 Å². The van der Waals surface area contributed by atoms with E-state index in [9.17, 15) is 14.0 Å². The molecule has 1 heterocycles. The first-order valence-corrected chi connectivity index (χ1v) is 10.6. The quantitative estimate of drug-likeness (QED) is 0.718. The molecule has 2 atom stereocenters. The minimum atomic E-state index is -0.245. The Kier molecular flexibility index (Phi) is 7.57. The van der Waals surface area contributed by atoms with E-state index in [1.807, 2.05) is 19.9 Å². The van der Waals surface area contributed by atoms with Crippen molar-refractivity contribution in [3.05, 3.63) is 65.5 Å². The van der Waals surface area contributed by atoms with Crippen LogP contribution in [0.3, 0.4) is 0 Å². The Labute approximate surface area is 177 Å². The van der Waals surface area contributed by atoms with Crippen LogP contribution in [0.1, 0.15) is 49.0 Å². The number of hydrogen-bond acceptors (Lipinski definition) is 3. The minimum absolute atomic E-state index is 0.0670. The molecule has 0 aromatic heterocycles. The van der Waals surface area contributed by atoms with Gasteiger partial charge in [0.1, 0.15) is 5.82 Å². The molecular formula is C24H30FN3O2. The summed E-state index contributed by atoms with van der Waals surface area (Å²) in [4.78, 5) is 27.7. The summed E-state index contributed by atoms with van der Waals surface area (Å²) in [7, 11) is 0. The van der Waals surface area contributed by atoms with E-state index in [1.54, 1.807) is 30.3 Å². The molecule has 1 saturated heterocycles. The van der Waals surface area contributed by atoms with Gasteiger partial charge in [-0.2, -0.15) is 0 Å². The van der Waals surface area contributed by atoms with Crippen molar-refractivity contribution in [2.75, 3.05) is 18.4 Å². The molecule has 2 N–H and O–H groups in total. The molecular weight excluding hydrogens is 381 g/mol. The van der Waals surface area contributed by atoms with Crippen molar-refractivity contribution in [1.82, 2.24) is 10.2 Å². The highest BCUT2D eigenvalue weighted by Crippen LogP contribution is 2.22. The van der Waals surface area contributed by atoms with Crippen LogP contribution in [0.5, 0.6) is 0 Å². The Balaban J connectivity index is 1.63. The molecule has 0 saturated carbocycles. The monoisotopic (exact) mass is 411 g/mol. The lowest BCUT2D eigenvalue weighted by molar-refractivity contribution is -0.121. The van der Waals surface area contributed by atoms with Crippen LogP contribution in [0.15, 0.2) is 48.5 Å². The number of piperidine rings is 1. The molecule has 1 aliphatic heterocycles. The van der Waals surface area contributed by atoms with Crippen LogP contribution in [0, 0.1) is 11.7 Å². The number of benzene rings is 2. The molecule has 0 unspecified atom stereocenters. The molecule has 0 bridgehead atoms. The maximum Gasteiger partial charge on any atom is 0.253 e. The lowest BCUT2D eigenvalue weighted by Gasteiger charge is -2.32. The van der Waals surface area contributed by atoms with Gasteiger partial charge in [-0.3, -0.25) is 14.5 Å². The number of likely N-dealkylation sites (tertiary alicyclic amines) is 1. The third kappa shape index (κ3) is 5.89. The first-order chi connectivity index (χ1) is 14.5. The SMILES string of the molecule is CC[C@H](C)NC(=O)c1ccccc1NC(=O)[C@H]1CCCN(Cc2ccc(F)cc2)C1. The van der Waals surface area contributed by atoms with Crippen LogP contribution >= 0.6 is 0 Å². The van der Waals surface area contributed by atoms with Crippen LogP contribution in [0.4, 0.5) is 10.1 Å². The summed E-state index contributed by atoms with van der Waals surface area (Å²) in [6, 6.07) is 13.7. The van der Waals surface area contributed by atoms with E-state index in [1.165, 1.54) is 12.1 Å². The van der Waals surface area contributed by atoms with Crippen molar-refractivity contribution in [3.63, 3.8) is 0 Å². The second kappa shape index (κ2) is 10.3. The summed E-state index contributed by atoms with van der Waals surface area (Å²) < 4.78 is 13.1. The smallest absolute Gasteiger partial charge is 0.253 e. The number of nitrogens with zero attached hydrogens (tertiary/aromatic N) is 1. The van der Waals surface area contributed by atoms with E-state index in [4.69, 9.17) is 0 Å². The standard InChI is InChI=1S/C24H30FN3O2/c1-3-17(2)26-24(30)21-8-4-5-9-22(21)27-23(29)19-7-6-14-28(16-19)15-18-10-12-20(25)13-11-18/h4-5,8-13,17,19H,3,6-7,14-16H2,1-2H3,(H,26,30)(H,27,29)/t17-,19-/m0/s1. The molecule has 2 aromatic rings. The van der Waals surface area contributed by atoms with Crippen molar-refractivity contribution < 1.29 is 14.0 Å². The van der Waals surface area contributed by atoms with Gasteiger partial charge < -0.3 is 10.6 Å². The lowest BCUT2D eigenvalue weighted by atomic mass is 9.96. The summed E-state index contributed by atoms with van der Waals surface area (Å²) in [6.07, 6.45) is 2.58. The van der Waals surface area contributed by atoms with E-state index < -0.39 is 0 Å². The molecule has 0 radical (unpaired) electrons. The van der Waals surface area contributed by atoms with Crippen molar-refractivity contribution >= 4 is 17.5 Å². The van der Waals surface area contributed by atoms with E-state index in [2.05, 4.69) is 15.5 Å². The van der Waals surface area contributed by atoms with Gasteiger partial charge in [-0.15, -0.1) is 0 Å². The summed E-state index contributed by atoms with van der Waals surface area (Å²) in [5.41, 5.74) is 2.05. The molecule has 6 heteroatoms. The van der Waals surface area contributed by atoms with Crippen LogP contribution < -0.4 is 10.6 Å². The van der Waals surface area contributed by atoms with Crippen LogP contribution in [0.2, 0.25) is 0 Å². The zero-order valence-corrected chi connectivity index (χ0v) is 17.7. The second-order valence-corrected chi connectivity index (χ2v) is 8.02. The number of hydrogen-bond donors (Lipinski definition) is 2. The maximum atomic E-state index is 13.1. The van der Waals surface area contributed by atoms with Gasteiger partial charge in [0.2, 0.25) is 5.91 Å². The van der Waals surface area contributed by atoms with Crippen molar-refractivity contribution in [1.29, 1.82) is 0 Å². The summed E-state index contributed by atoms with van der Waals surface area (Å²) >= 11 is 0. The molecule has 0 aliphatic carbocycles. The summed E-state index contributed by atoms with van der Waals surface area (Å²) in [5.74, 6) is -0.639. The largest absolute Gasteiger partial charge is 0.350 e. The molecule has 0 spiro atoms. The molecule has 2 aromatic carbocycles. The van der Waals surface area contributed by atoms with Gasteiger partial charge >= 0.3 is 0 Å². The van der Waals surface area contributed by atoms with Gasteiger partial charge in [0.25, 0.3) is 5.91 Å². The Morgan fingerprint density at radius 1 is 1.17 bits per heavy atom. The fourth-order valence-corrected chi connectivity index (χ4v) is 3.69. The number of rotatable bonds is 7. The maximum absolute atomic E-state index is 13.1. The minimum Gasteiger partial charge on any atom is -0.350 e. The average molecular weight is 412 g/mol. The predicted octanol–water partition coefficient (Wildman–Crippen LogP) is 4.20. The number of anilines is 1. The fraction of sp³-hybridized carbons (Fsp3) is 0.417. The zero-order chi connectivity index (χ0) is 21.5. The van der Waals surface area contributed by atoms with Gasteiger partial charge in [0.05, 0.1) is 17.2 Å². The number of carbonyl (C=O) groups is 2. The highest BCUT2D eigenvalue weighted by molar-refractivity contribution is 6.04. The van der Waals surface area contributed by atoms with Gasteiger partial charge in [0.15, 0.2) is 0 Å². The predicted molar refractivity (Wildman–Crippen MR) is 117 cm³/mol. The Hall–Kier alpha value is -2.73. The van der Waals surface area contributed by atoms with Gasteiger partial charge in [0, 0.05) is 19.1 Å². The molecule has 1 aliphatic rings. The molecule has 1 fully saturated rings. The van der Waals surface area contributed by atoms with Crippen molar-refractivity contribution in [2.45, 2.75) is 45.7 Å². The number of nitrogens with one attached hydrogen (secondary N) is 2. The summed E-state index contributed by atoms with van der Waals surface area (Å²) in [5, 5.41) is 5.92. The van der Waals surface area contributed by atoms with E-state index in [0.29, 0.717) is 24.3 Å². The van der Waals surface area contributed by atoms with Crippen LogP contribution in [-0.4, -0.2) is 35.8 Å². The van der Waals surface area contributed by atoms with Crippen molar-refractivity contribution in [3.8, 4) is 0 Å². The average Bonchev–Trinajstić information content (AvgIpc) is 2.75. The van der Waals surface area contributed by atoms with Crippen LogP contribution in [-0.2, 0) is 11.3 Å². The number of amides is 2. The molecule has 160 valence electrons.